The molecule has 3 aromatic rings. The smallest absolute Gasteiger partial charge is 0.164 e. The van der Waals surface area contributed by atoms with Gasteiger partial charge in [-0.25, -0.2) is 0 Å². The molecule has 1 aliphatic rings. The zero-order valence-corrected chi connectivity index (χ0v) is 14.6. The van der Waals surface area contributed by atoms with E-state index in [1.54, 1.807) is 11.8 Å². The van der Waals surface area contributed by atoms with Crippen molar-refractivity contribution in [3.63, 3.8) is 0 Å². The number of fused-ring (bicyclic) bond motifs is 2. The lowest BCUT2D eigenvalue weighted by Gasteiger charge is -2.37. The summed E-state index contributed by atoms with van der Waals surface area (Å²) in [5, 5.41) is 0. The minimum absolute atomic E-state index is 0.215. The summed E-state index contributed by atoms with van der Waals surface area (Å²) in [5.74, 6) is 1.86. The van der Waals surface area contributed by atoms with Crippen molar-refractivity contribution in [2.24, 2.45) is 0 Å². The van der Waals surface area contributed by atoms with Gasteiger partial charge in [0.15, 0.2) is 11.5 Å². The molecule has 0 aromatic heterocycles. The first-order chi connectivity index (χ1) is 11.8. The van der Waals surface area contributed by atoms with Crippen molar-refractivity contribution in [1.82, 2.24) is 0 Å². The van der Waals surface area contributed by atoms with Gasteiger partial charge in [-0.1, -0.05) is 48.5 Å². The van der Waals surface area contributed by atoms with Crippen LogP contribution in [0.2, 0.25) is 0 Å². The Morgan fingerprint density at radius 2 is 1.54 bits per heavy atom. The summed E-state index contributed by atoms with van der Waals surface area (Å²) in [4.78, 5) is 3.54. The highest BCUT2D eigenvalue weighted by Crippen LogP contribution is 2.52. The van der Waals surface area contributed by atoms with Gasteiger partial charge in [-0.05, 0) is 43.0 Å². The lowest BCUT2D eigenvalue weighted by atomic mass is 10.0. The van der Waals surface area contributed by atoms with Crippen LogP contribution in [-0.2, 0) is 0 Å². The molecule has 3 aromatic carbocycles. The maximum Gasteiger partial charge on any atom is 0.164 e. The van der Waals surface area contributed by atoms with Crippen molar-refractivity contribution in [3.8, 4) is 11.5 Å². The van der Waals surface area contributed by atoms with Gasteiger partial charge in [0.2, 0.25) is 0 Å². The molecule has 1 unspecified atom stereocenters. The van der Waals surface area contributed by atoms with Crippen LogP contribution in [0.5, 0.6) is 11.5 Å². The quantitative estimate of drug-likeness (QED) is 0.514. The normalized spacial score (nSPS) is 13.7. The van der Waals surface area contributed by atoms with Gasteiger partial charge in [0, 0.05) is 0 Å². The highest BCUT2D eigenvalue weighted by Gasteiger charge is 2.29. The molecule has 0 radical (unpaired) electrons. The van der Waals surface area contributed by atoms with Crippen molar-refractivity contribution in [2.45, 2.75) is 17.9 Å². The van der Waals surface area contributed by atoms with E-state index in [1.807, 2.05) is 12.1 Å². The molecule has 0 saturated carbocycles. The Kier molecular flexibility index (Phi) is 3.95. The molecule has 2 nitrogen and oxygen atoms in total. The largest absolute Gasteiger partial charge is 0.452 e. The minimum Gasteiger partial charge on any atom is -0.452 e. The Morgan fingerprint density at radius 1 is 0.833 bits per heavy atom. The number of ether oxygens (including phenoxy) is 1. The molecule has 1 atom stereocenters. The Balaban J connectivity index is 1.90. The Hall–Kier alpha value is -2.39. The number of para-hydroxylation sites is 3. The number of rotatable bonds is 3. The molecular weight excluding hydrogens is 314 g/mol. The maximum absolute atomic E-state index is 6.25. The predicted octanol–water partition coefficient (Wildman–Crippen LogP) is 6.41. The van der Waals surface area contributed by atoms with E-state index in [0.29, 0.717) is 0 Å². The number of thioether (sulfide) groups is 1. The monoisotopic (exact) mass is 333 g/mol. The minimum atomic E-state index is 0.215. The van der Waals surface area contributed by atoms with Crippen molar-refractivity contribution < 1.29 is 4.74 Å². The van der Waals surface area contributed by atoms with Crippen LogP contribution in [0.1, 0.15) is 18.5 Å². The van der Waals surface area contributed by atoms with Gasteiger partial charge in [0.25, 0.3) is 0 Å². The van der Waals surface area contributed by atoms with Crippen LogP contribution in [0.25, 0.3) is 0 Å². The molecule has 0 N–H and O–H groups in total. The lowest BCUT2D eigenvalue weighted by Crippen LogP contribution is -2.25. The maximum atomic E-state index is 6.25. The van der Waals surface area contributed by atoms with Gasteiger partial charge in [-0.3, -0.25) is 0 Å². The summed E-state index contributed by atoms with van der Waals surface area (Å²) in [6.07, 6.45) is 2.09. The average Bonchev–Trinajstić information content (AvgIpc) is 2.65. The summed E-state index contributed by atoms with van der Waals surface area (Å²) in [7, 11) is 0. The molecule has 1 aliphatic heterocycles. The molecule has 1 heterocycles. The third-order valence-electron chi connectivity index (χ3n) is 4.44. The fourth-order valence-electron chi connectivity index (χ4n) is 3.24. The van der Waals surface area contributed by atoms with E-state index in [2.05, 4.69) is 78.7 Å². The zero-order chi connectivity index (χ0) is 16.5. The molecule has 120 valence electrons. The van der Waals surface area contributed by atoms with E-state index >= 15 is 0 Å². The molecule has 0 amide bonds. The van der Waals surface area contributed by atoms with E-state index in [4.69, 9.17) is 4.74 Å². The number of anilines is 2. The van der Waals surface area contributed by atoms with Crippen LogP contribution < -0.4 is 9.64 Å². The Bertz CT molecular complexity index is 863. The first-order valence-corrected chi connectivity index (χ1v) is 9.30. The van der Waals surface area contributed by atoms with Crippen LogP contribution in [0.15, 0.2) is 77.7 Å². The zero-order valence-electron chi connectivity index (χ0n) is 13.8. The van der Waals surface area contributed by atoms with E-state index < -0.39 is 0 Å². The number of benzene rings is 3. The summed E-state index contributed by atoms with van der Waals surface area (Å²) < 4.78 is 6.25. The van der Waals surface area contributed by atoms with Crippen molar-refractivity contribution in [1.29, 1.82) is 0 Å². The van der Waals surface area contributed by atoms with Crippen LogP contribution in [0.3, 0.4) is 0 Å². The SMILES string of the molecule is CSc1cccc2c1Oc1ccccc1N2C(C)c1ccccc1. The van der Waals surface area contributed by atoms with Gasteiger partial charge in [0.05, 0.1) is 22.3 Å². The van der Waals surface area contributed by atoms with Crippen molar-refractivity contribution in [2.75, 3.05) is 11.2 Å². The molecule has 0 spiro atoms. The number of hydrogen-bond donors (Lipinski definition) is 0. The van der Waals surface area contributed by atoms with Gasteiger partial charge >= 0.3 is 0 Å². The van der Waals surface area contributed by atoms with Gasteiger partial charge in [0.1, 0.15) is 0 Å². The third kappa shape index (κ3) is 2.45. The molecule has 24 heavy (non-hydrogen) atoms. The van der Waals surface area contributed by atoms with E-state index in [1.165, 1.54) is 5.56 Å². The average molecular weight is 333 g/mol. The summed E-state index contributed by atoms with van der Waals surface area (Å²) >= 11 is 1.72. The highest BCUT2D eigenvalue weighted by molar-refractivity contribution is 7.98. The Morgan fingerprint density at radius 3 is 2.33 bits per heavy atom. The fraction of sp³-hybridized carbons (Fsp3) is 0.143. The Labute approximate surface area is 147 Å². The molecule has 3 heteroatoms. The van der Waals surface area contributed by atoms with Crippen molar-refractivity contribution >= 4 is 23.1 Å². The standard InChI is InChI=1S/C21H19NOS/c1-15(16-9-4-3-5-10-16)22-17-11-6-7-13-19(17)23-21-18(22)12-8-14-20(21)24-2/h3-15H,1-2H3. The number of nitrogens with zero attached hydrogens (tertiary/aromatic N) is 1. The van der Waals surface area contributed by atoms with Crippen molar-refractivity contribution in [3.05, 3.63) is 78.4 Å². The summed E-state index contributed by atoms with van der Waals surface area (Å²) in [6.45, 7) is 2.24. The number of hydrogen-bond acceptors (Lipinski definition) is 3. The molecule has 0 saturated heterocycles. The second-order valence-corrected chi connectivity index (χ2v) is 6.68. The second-order valence-electron chi connectivity index (χ2n) is 5.83. The predicted molar refractivity (Wildman–Crippen MR) is 102 cm³/mol. The summed E-state index contributed by atoms with van der Waals surface area (Å²) in [5.41, 5.74) is 3.52. The topological polar surface area (TPSA) is 12.5 Å². The first-order valence-electron chi connectivity index (χ1n) is 8.07. The first kappa shape index (κ1) is 15.2. The van der Waals surface area contributed by atoms with Crippen LogP contribution in [0.4, 0.5) is 11.4 Å². The summed E-state index contributed by atoms with van der Waals surface area (Å²) in [6, 6.07) is 25.4. The van der Waals surface area contributed by atoms with Crippen LogP contribution >= 0.6 is 11.8 Å². The van der Waals surface area contributed by atoms with E-state index in [0.717, 1.165) is 27.8 Å². The van der Waals surface area contributed by atoms with E-state index in [-0.39, 0.29) is 6.04 Å². The van der Waals surface area contributed by atoms with Gasteiger partial charge < -0.3 is 9.64 Å². The molecule has 0 bridgehead atoms. The van der Waals surface area contributed by atoms with Gasteiger partial charge in [-0.15, -0.1) is 11.8 Å². The van der Waals surface area contributed by atoms with Gasteiger partial charge in [-0.2, -0.15) is 0 Å². The van der Waals surface area contributed by atoms with E-state index in [9.17, 15) is 0 Å². The molecule has 4 rings (SSSR count). The molecule has 0 fully saturated rings. The van der Waals surface area contributed by atoms with Crippen LogP contribution in [0, 0.1) is 0 Å². The fourth-order valence-corrected chi connectivity index (χ4v) is 3.78. The molecular formula is C21H19NOS. The lowest BCUT2D eigenvalue weighted by molar-refractivity contribution is 0.457. The highest BCUT2D eigenvalue weighted by atomic mass is 32.2. The van der Waals surface area contributed by atoms with Crippen LogP contribution in [-0.4, -0.2) is 6.26 Å². The third-order valence-corrected chi connectivity index (χ3v) is 5.20. The second kappa shape index (κ2) is 6.25. The molecule has 0 aliphatic carbocycles.